The number of amides is 1. The van der Waals surface area contributed by atoms with Gasteiger partial charge < -0.3 is 14.6 Å². The summed E-state index contributed by atoms with van der Waals surface area (Å²) in [6.07, 6.45) is 2.21. The molecule has 1 N–H and O–H groups in total. The van der Waals surface area contributed by atoms with Crippen LogP contribution in [0.5, 0.6) is 0 Å². The normalized spacial score (nSPS) is 12.8. The molecule has 0 bridgehead atoms. The predicted octanol–water partition coefficient (Wildman–Crippen LogP) is 4.95. The maximum Gasteiger partial charge on any atom is 0.412 e. The molecule has 0 radical (unpaired) electrons. The number of aryl methyl sites for hydroxylation is 1. The number of carbonyl (C=O) groups is 2. The highest BCUT2D eigenvalue weighted by atomic mass is 28.3. The Morgan fingerprint density at radius 2 is 1.91 bits per heavy atom. The molecular formula is C23H35N3O5Si. The van der Waals surface area contributed by atoms with Crippen molar-refractivity contribution in [3.63, 3.8) is 0 Å². The van der Waals surface area contributed by atoms with Gasteiger partial charge in [0, 0.05) is 31.8 Å². The number of ether oxygens (including phenoxy) is 2. The minimum atomic E-state index is -1.23. The average Bonchev–Trinajstić information content (AvgIpc) is 3.05. The van der Waals surface area contributed by atoms with Crippen molar-refractivity contribution < 1.29 is 24.2 Å². The fourth-order valence-corrected chi connectivity index (χ4v) is 4.06. The second-order valence-corrected chi connectivity index (χ2v) is 15.7. The highest BCUT2D eigenvalue weighted by molar-refractivity contribution is 6.76. The van der Waals surface area contributed by atoms with Crippen LogP contribution in [0.15, 0.2) is 24.0 Å². The van der Waals surface area contributed by atoms with E-state index in [1.165, 1.54) is 7.11 Å². The maximum absolute atomic E-state index is 12.5. The van der Waals surface area contributed by atoms with Crippen LogP contribution in [0.25, 0.3) is 17.0 Å². The summed E-state index contributed by atoms with van der Waals surface area (Å²) in [5, 5.41) is 15.2. The van der Waals surface area contributed by atoms with Gasteiger partial charge in [-0.05, 0) is 63.1 Å². The number of rotatable bonds is 8. The second kappa shape index (κ2) is 9.87. The van der Waals surface area contributed by atoms with E-state index in [9.17, 15) is 14.7 Å². The Balaban J connectivity index is 2.39. The van der Waals surface area contributed by atoms with Gasteiger partial charge in [0.1, 0.15) is 12.4 Å². The number of carbonyl (C=O) groups excluding carboxylic acids is 1. The van der Waals surface area contributed by atoms with Crippen LogP contribution in [-0.4, -0.2) is 59.2 Å². The van der Waals surface area contributed by atoms with Crippen molar-refractivity contribution in [3.8, 4) is 0 Å². The Morgan fingerprint density at radius 3 is 2.44 bits per heavy atom. The quantitative estimate of drug-likeness (QED) is 0.259. The van der Waals surface area contributed by atoms with E-state index >= 15 is 0 Å². The summed E-state index contributed by atoms with van der Waals surface area (Å²) in [4.78, 5) is 25.4. The van der Waals surface area contributed by atoms with E-state index in [-0.39, 0.29) is 5.70 Å². The number of esters is 1. The Hall–Kier alpha value is -2.65. The Labute approximate surface area is 190 Å². The number of hydrogen-bond donors (Lipinski definition) is 1. The lowest BCUT2D eigenvalue weighted by Gasteiger charge is -2.33. The predicted molar refractivity (Wildman–Crippen MR) is 128 cm³/mol. The van der Waals surface area contributed by atoms with Crippen LogP contribution >= 0.6 is 0 Å². The van der Waals surface area contributed by atoms with Crippen LogP contribution in [-0.2, 0) is 21.0 Å². The van der Waals surface area contributed by atoms with Crippen molar-refractivity contribution in [1.82, 2.24) is 14.7 Å². The van der Waals surface area contributed by atoms with Gasteiger partial charge in [-0.15, -0.1) is 0 Å². The monoisotopic (exact) mass is 461 g/mol. The first-order valence-corrected chi connectivity index (χ1v) is 14.3. The second-order valence-electron chi connectivity index (χ2n) is 10.1. The molecule has 0 fully saturated rings. The number of carboxylic acid groups (broad SMARTS) is 1. The minimum Gasteiger partial charge on any atom is -0.465 e. The van der Waals surface area contributed by atoms with Crippen LogP contribution in [0, 0.1) is 6.92 Å². The van der Waals surface area contributed by atoms with E-state index in [0.717, 1.165) is 27.4 Å². The number of benzene rings is 1. The van der Waals surface area contributed by atoms with Crippen LogP contribution in [0.1, 0.15) is 31.9 Å². The summed E-state index contributed by atoms with van der Waals surface area (Å²) >= 11 is 0. The van der Waals surface area contributed by atoms with E-state index in [0.29, 0.717) is 18.9 Å². The molecule has 9 heteroatoms. The minimum absolute atomic E-state index is 0.0478. The SMILES string of the molecule is COC(=O)/C(=C/c1cc(C)c2nn(COCC[Si](C)(C)C)cc2c1)N(C(=O)O)C(C)(C)C. The van der Waals surface area contributed by atoms with Gasteiger partial charge in [0.15, 0.2) is 0 Å². The Kier molecular flexibility index (Phi) is 7.90. The maximum atomic E-state index is 12.5. The van der Waals surface area contributed by atoms with Crippen molar-refractivity contribution in [2.45, 2.75) is 65.6 Å². The molecule has 2 aromatic rings. The van der Waals surface area contributed by atoms with Crippen LogP contribution in [0.2, 0.25) is 25.7 Å². The number of aromatic nitrogens is 2. The van der Waals surface area contributed by atoms with Gasteiger partial charge in [-0.3, -0.25) is 4.90 Å². The zero-order valence-electron chi connectivity index (χ0n) is 20.4. The number of nitrogens with zero attached hydrogens (tertiary/aromatic N) is 3. The fraction of sp³-hybridized carbons (Fsp3) is 0.522. The number of fused-ring (bicyclic) bond motifs is 1. The van der Waals surface area contributed by atoms with Crippen molar-refractivity contribution in [2.24, 2.45) is 0 Å². The van der Waals surface area contributed by atoms with Crippen molar-refractivity contribution in [3.05, 3.63) is 35.2 Å². The first kappa shape index (κ1) is 25.6. The lowest BCUT2D eigenvalue weighted by molar-refractivity contribution is -0.138. The molecule has 0 saturated heterocycles. The third-order valence-electron chi connectivity index (χ3n) is 4.89. The standard InChI is InChI=1S/C23H35N3O5Si/c1-16-11-17(13-19(21(27)30-5)26(22(28)29)23(2,3)4)12-18-14-25(24-20(16)18)15-31-9-10-32(6,7)8/h11-14H,9-10,15H2,1-8H3,(H,28,29)/b19-13-. The molecule has 2 rings (SSSR count). The van der Waals surface area contributed by atoms with Crippen molar-refractivity contribution in [2.75, 3.05) is 13.7 Å². The molecule has 0 atom stereocenters. The summed E-state index contributed by atoms with van der Waals surface area (Å²) in [6, 6.07) is 4.84. The van der Waals surface area contributed by atoms with Gasteiger partial charge in [-0.1, -0.05) is 19.6 Å². The molecular weight excluding hydrogens is 426 g/mol. The highest BCUT2D eigenvalue weighted by Crippen LogP contribution is 2.26. The topological polar surface area (TPSA) is 93.9 Å². The Bertz CT molecular complexity index is 1020. The fourth-order valence-electron chi connectivity index (χ4n) is 3.30. The van der Waals surface area contributed by atoms with E-state index in [4.69, 9.17) is 9.47 Å². The Morgan fingerprint density at radius 1 is 1.25 bits per heavy atom. The third-order valence-corrected chi connectivity index (χ3v) is 6.59. The summed E-state index contributed by atoms with van der Waals surface area (Å²) in [6.45, 7) is 15.1. The van der Waals surface area contributed by atoms with Gasteiger partial charge in [0.25, 0.3) is 0 Å². The lowest BCUT2D eigenvalue weighted by Crippen LogP contribution is -2.46. The van der Waals surface area contributed by atoms with E-state index in [1.54, 1.807) is 31.5 Å². The molecule has 1 aromatic heterocycles. The molecule has 0 aliphatic rings. The lowest BCUT2D eigenvalue weighted by atomic mass is 10.0. The smallest absolute Gasteiger partial charge is 0.412 e. The van der Waals surface area contributed by atoms with Crippen molar-refractivity contribution in [1.29, 1.82) is 0 Å². The zero-order chi connectivity index (χ0) is 24.3. The van der Waals surface area contributed by atoms with Gasteiger partial charge in [0.2, 0.25) is 0 Å². The van der Waals surface area contributed by atoms with E-state index in [1.807, 2.05) is 25.3 Å². The molecule has 32 heavy (non-hydrogen) atoms. The molecule has 1 amide bonds. The number of methoxy groups -OCH3 is 1. The molecule has 0 unspecified atom stereocenters. The molecule has 176 valence electrons. The third kappa shape index (κ3) is 6.67. The molecule has 0 spiro atoms. The molecule has 0 aliphatic carbocycles. The first-order chi connectivity index (χ1) is 14.7. The summed E-state index contributed by atoms with van der Waals surface area (Å²) in [7, 11) is 0.0880. The van der Waals surface area contributed by atoms with Gasteiger partial charge in [0.05, 0.1) is 12.6 Å². The summed E-state index contributed by atoms with van der Waals surface area (Å²) < 4.78 is 12.4. The van der Waals surface area contributed by atoms with Crippen LogP contribution in [0.4, 0.5) is 4.79 Å². The summed E-state index contributed by atoms with van der Waals surface area (Å²) in [5.41, 5.74) is 1.56. The molecule has 1 aromatic carbocycles. The van der Waals surface area contributed by atoms with E-state index in [2.05, 4.69) is 24.7 Å². The van der Waals surface area contributed by atoms with Gasteiger partial charge in [-0.2, -0.15) is 5.10 Å². The number of hydrogen-bond acceptors (Lipinski definition) is 5. The van der Waals surface area contributed by atoms with Crippen molar-refractivity contribution >= 4 is 37.1 Å². The first-order valence-electron chi connectivity index (χ1n) is 10.6. The molecule has 1 heterocycles. The summed E-state index contributed by atoms with van der Waals surface area (Å²) in [5.74, 6) is -0.716. The van der Waals surface area contributed by atoms with Crippen LogP contribution < -0.4 is 0 Å². The van der Waals surface area contributed by atoms with E-state index < -0.39 is 25.7 Å². The largest absolute Gasteiger partial charge is 0.465 e. The molecule has 8 nitrogen and oxygen atoms in total. The zero-order valence-corrected chi connectivity index (χ0v) is 21.4. The van der Waals surface area contributed by atoms with Gasteiger partial charge >= 0.3 is 12.1 Å². The average molecular weight is 462 g/mol. The molecule has 0 saturated carbocycles. The van der Waals surface area contributed by atoms with Gasteiger partial charge in [-0.25, -0.2) is 14.3 Å². The molecule has 0 aliphatic heterocycles. The highest BCUT2D eigenvalue weighted by Gasteiger charge is 2.33. The van der Waals surface area contributed by atoms with Crippen LogP contribution in [0.3, 0.4) is 0 Å².